The summed E-state index contributed by atoms with van der Waals surface area (Å²) < 4.78 is 5.43. The monoisotopic (exact) mass is 310 g/mol. The second-order valence-electron chi connectivity index (χ2n) is 6.03. The molecule has 1 unspecified atom stereocenters. The van der Waals surface area contributed by atoms with E-state index in [2.05, 4.69) is 38.1 Å². The summed E-state index contributed by atoms with van der Waals surface area (Å²) in [7, 11) is 0. The normalized spacial score (nSPS) is 12.0. The molecule has 0 aliphatic rings. The fourth-order valence-corrected chi connectivity index (χ4v) is 2.67. The minimum Gasteiger partial charge on any atom is -0.459 e. The van der Waals surface area contributed by atoms with Gasteiger partial charge in [-0.2, -0.15) is 0 Å². The van der Waals surface area contributed by atoms with Crippen LogP contribution in [0.4, 0.5) is 0 Å². The molecule has 0 saturated heterocycles. The summed E-state index contributed by atoms with van der Waals surface area (Å²) in [5, 5.41) is 0. The van der Waals surface area contributed by atoms with E-state index in [1.54, 1.807) is 0 Å². The van der Waals surface area contributed by atoms with Crippen LogP contribution in [0.5, 0.6) is 0 Å². The third kappa shape index (κ3) is 4.95. The smallest absolute Gasteiger partial charge is 0.338 e. The van der Waals surface area contributed by atoms with Crippen molar-refractivity contribution in [1.82, 2.24) is 0 Å². The maximum atomic E-state index is 12.1. The van der Waals surface area contributed by atoms with E-state index in [0.717, 1.165) is 31.2 Å². The van der Waals surface area contributed by atoms with Crippen molar-refractivity contribution in [2.24, 2.45) is 0 Å². The summed E-state index contributed by atoms with van der Waals surface area (Å²) in [6, 6.07) is 16.3. The van der Waals surface area contributed by atoms with E-state index in [1.165, 1.54) is 11.1 Å². The Labute approximate surface area is 139 Å². The molecule has 0 spiro atoms. The molecule has 0 bridgehead atoms. The van der Waals surface area contributed by atoms with Gasteiger partial charge in [0.25, 0.3) is 0 Å². The van der Waals surface area contributed by atoms with E-state index < -0.39 is 0 Å². The molecule has 0 aliphatic carbocycles. The summed E-state index contributed by atoms with van der Waals surface area (Å²) in [6.45, 7) is 6.21. The van der Waals surface area contributed by atoms with Crippen molar-refractivity contribution >= 4 is 5.97 Å². The SMILES string of the molecule is CCCc1ccc(-c2ccc(C(=O)OC(C)CCC)cc2)cc1. The Hall–Kier alpha value is -2.09. The van der Waals surface area contributed by atoms with Gasteiger partial charge >= 0.3 is 5.97 Å². The number of aryl methyl sites for hydroxylation is 1. The zero-order valence-electron chi connectivity index (χ0n) is 14.3. The number of carbonyl (C=O) groups is 1. The van der Waals surface area contributed by atoms with Gasteiger partial charge in [-0.1, -0.05) is 63.1 Å². The molecule has 2 aromatic rings. The lowest BCUT2D eigenvalue weighted by Crippen LogP contribution is -2.14. The summed E-state index contributed by atoms with van der Waals surface area (Å²) in [5.41, 5.74) is 4.26. The number of hydrogen-bond acceptors (Lipinski definition) is 2. The first kappa shape index (κ1) is 17.3. The Bertz CT molecular complexity index is 611. The summed E-state index contributed by atoms with van der Waals surface area (Å²) in [6.07, 6.45) is 4.15. The highest BCUT2D eigenvalue weighted by molar-refractivity contribution is 5.90. The van der Waals surface area contributed by atoms with Crippen LogP contribution in [-0.2, 0) is 11.2 Å². The third-order valence-electron chi connectivity index (χ3n) is 3.95. The molecule has 0 saturated carbocycles. The molecular formula is C21H26O2. The second kappa shape index (κ2) is 8.52. The van der Waals surface area contributed by atoms with Crippen molar-refractivity contribution < 1.29 is 9.53 Å². The van der Waals surface area contributed by atoms with Gasteiger partial charge in [-0.15, -0.1) is 0 Å². The lowest BCUT2D eigenvalue weighted by Gasteiger charge is -2.12. The molecule has 2 aromatic carbocycles. The van der Waals surface area contributed by atoms with E-state index >= 15 is 0 Å². The molecule has 2 rings (SSSR count). The van der Waals surface area contributed by atoms with Crippen LogP contribution in [0.3, 0.4) is 0 Å². The zero-order chi connectivity index (χ0) is 16.7. The summed E-state index contributed by atoms with van der Waals surface area (Å²) in [4.78, 5) is 12.1. The Kier molecular flexibility index (Phi) is 6.40. The minimum atomic E-state index is -0.240. The standard InChI is InChI=1S/C21H26O2/c1-4-6-16(3)23-21(22)20-14-12-19(13-15-20)18-10-8-17(7-5-2)9-11-18/h8-16H,4-7H2,1-3H3. The number of esters is 1. The Balaban J connectivity index is 2.05. The van der Waals surface area contributed by atoms with Crippen LogP contribution in [0, 0.1) is 0 Å². The van der Waals surface area contributed by atoms with Gasteiger partial charge in [0.15, 0.2) is 0 Å². The highest BCUT2D eigenvalue weighted by atomic mass is 16.5. The van der Waals surface area contributed by atoms with Gasteiger partial charge in [0, 0.05) is 0 Å². The van der Waals surface area contributed by atoms with Crippen LogP contribution in [0.2, 0.25) is 0 Å². The van der Waals surface area contributed by atoms with Crippen molar-refractivity contribution in [3.8, 4) is 11.1 Å². The lowest BCUT2D eigenvalue weighted by atomic mass is 10.0. The van der Waals surface area contributed by atoms with Crippen LogP contribution in [0.1, 0.15) is 56.0 Å². The number of hydrogen-bond donors (Lipinski definition) is 0. The lowest BCUT2D eigenvalue weighted by molar-refractivity contribution is 0.0323. The average molecular weight is 310 g/mol. The molecule has 0 radical (unpaired) electrons. The molecule has 0 N–H and O–H groups in total. The molecular weight excluding hydrogens is 284 g/mol. The fourth-order valence-electron chi connectivity index (χ4n) is 2.67. The predicted octanol–water partition coefficient (Wildman–Crippen LogP) is 5.65. The van der Waals surface area contributed by atoms with Crippen LogP contribution in [0.15, 0.2) is 48.5 Å². The highest BCUT2D eigenvalue weighted by Gasteiger charge is 2.11. The molecule has 0 aromatic heterocycles. The maximum Gasteiger partial charge on any atom is 0.338 e. The quantitative estimate of drug-likeness (QED) is 0.617. The van der Waals surface area contributed by atoms with Gasteiger partial charge in [0.05, 0.1) is 11.7 Å². The molecule has 2 heteroatoms. The highest BCUT2D eigenvalue weighted by Crippen LogP contribution is 2.21. The Morgan fingerprint density at radius 2 is 1.48 bits per heavy atom. The number of rotatable bonds is 7. The van der Waals surface area contributed by atoms with E-state index in [9.17, 15) is 4.79 Å². The van der Waals surface area contributed by atoms with Gasteiger partial charge < -0.3 is 4.74 Å². The van der Waals surface area contributed by atoms with Gasteiger partial charge in [-0.05, 0) is 48.6 Å². The van der Waals surface area contributed by atoms with Crippen molar-refractivity contribution in [3.05, 3.63) is 59.7 Å². The summed E-state index contributed by atoms with van der Waals surface area (Å²) >= 11 is 0. The number of benzene rings is 2. The van der Waals surface area contributed by atoms with Gasteiger partial charge in [-0.3, -0.25) is 0 Å². The van der Waals surface area contributed by atoms with Gasteiger partial charge in [0.2, 0.25) is 0 Å². The topological polar surface area (TPSA) is 26.3 Å². The zero-order valence-corrected chi connectivity index (χ0v) is 14.3. The first-order valence-electron chi connectivity index (χ1n) is 8.54. The van der Waals surface area contributed by atoms with Crippen LogP contribution < -0.4 is 0 Å². The van der Waals surface area contributed by atoms with Crippen molar-refractivity contribution in [3.63, 3.8) is 0 Å². The first-order chi connectivity index (χ1) is 11.1. The molecule has 0 fully saturated rings. The predicted molar refractivity (Wildman–Crippen MR) is 95.7 cm³/mol. The van der Waals surface area contributed by atoms with Crippen LogP contribution in [0.25, 0.3) is 11.1 Å². The van der Waals surface area contributed by atoms with E-state index in [4.69, 9.17) is 4.74 Å². The average Bonchev–Trinajstić information content (AvgIpc) is 2.56. The molecule has 2 nitrogen and oxygen atoms in total. The largest absolute Gasteiger partial charge is 0.459 e. The van der Waals surface area contributed by atoms with E-state index in [0.29, 0.717) is 5.56 Å². The van der Waals surface area contributed by atoms with Crippen LogP contribution >= 0.6 is 0 Å². The Morgan fingerprint density at radius 3 is 2.00 bits per heavy atom. The Morgan fingerprint density at radius 1 is 0.913 bits per heavy atom. The first-order valence-corrected chi connectivity index (χ1v) is 8.54. The number of carbonyl (C=O) groups excluding carboxylic acids is 1. The fraction of sp³-hybridized carbons (Fsp3) is 0.381. The summed E-state index contributed by atoms with van der Waals surface area (Å²) in [5.74, 6) is -0.240. The van der Waals surface area contributed by atoms with Crippen LogP contribution in [-0.4, -0.2) is 12.1 Å². The minimum absolute atomic E-state index is 0.0294. The molecule has 0 amide bonds. The molecule has 122 valence electrons. The third-order valence-corrected chi connectivity index (χ3v) is 3.95. The van der Waals surface area contributed by atoms with Gasteiger partial charge in [0.1, 0.15) is 0 Å². The van der Waals surface area contributed by atoms with Crippen molar-refractivity contribution in [2.45, 2.75) is 52.6 Å². The molecule has 0 heterocycles. The molecule has 23 heavy (non-hydrogen) atoms. The number of ether oxygens (including phenoxy) is 1. The molecule has 0 aliphatic heterocycles. The van der Waals surface area contributed by atoms with E-state index in [1.807, 2.05) is 31.2 Å². The van der Waals surface area contributed by atoms with Crippen molar-refractivity contribution in [1.29, 1.82) is 0 Å². The maximum absolute atomic E-state index is 12.1. The van der Waals surface area contributed by atoms with Gasteiger partial charge in [-0.25, -0.2) is 4.79 Å². The molecule has 1 atom stereocenters. The van der Waals surface area contributed by atoms with E-state index in [-0.39, 0.29) is 12.1 Å². The second-order valence-corrected chi connectivity index (χ2v) is 6.03. The van der Waals surface area contributed by atoms with Crippen molar-refractivity contribution in [2.75, 3.05) is 0 Å².